The van der Waals surface area contributed by atoms with Crippen molar-refractivity contribution in [3.8, 4) is 33.4 Å². The summed E-state index contributed by atoms with van der Waals surface area (Å²) in [5.74, 6) is 0. The highest BCUT2D eigenvalue weighted by Gasteiger charge is 2.19. The zero-order valence-corrected chi connectivity index (χ0v) is 21.4. The van der Waals surface area contributed by atoms with Crippen LogP contribution in [0.1, 0.15) is 11.0 Å². The van der Waals surface area contributed by atoms with Crippen molar-refractivity contribution >= 4 is 43.1 Å². The molecular formula is C40H26. The maximum absolute atomic E-state index is 9.34. The third-order valence-electron chi connectivity index (χ3n) is 7.67. The monoisotopic (exact) mass is 514 g/mol. The summed E-state index contributed by atoms with van der Waals surface area (Å²) in [7, 11) is 0. The first-order valence-corrected chi connectivity index (χ1v) is 13.2. The third kappa shape index (κ3) is 3.54. The molecule has 0 bridgehead atoms. The van der Waals surface area contributed by atoms with Crippen LogP contribution in [0.4, 0.5) is 0 Å². The molecule has 0 saturated heterocycles. The number of rotatable bonds is 3. The summed E-state index contributed by atoms with van der Waals surface area (Å²) in [6.45, 7) is 0. The van der Waals surface area contributed by atoms with Crippen molar-refractivity contribution in [3.63, 3.8) is 0 Å². The van der Waals surface area contributed by atoms with Crippen molar-refractivity contribution in [2.45, 2.75) is 0 Å². The topological polar surface area (TPSA) is 0 Å². The van der Waals surface area contributed by atoms with Crippen molar-refractivity contribution < 1.29 is 11.0 Å². The Morgan fingerprint density at radius 1 is 0.350 bits per heavy atom. The van der Waals surface area contributed by atoms with E-state index < -0.39 is 24.2 Å². The minimum Gasteiger partial charge on any atom is -0.0622 e. The molecule has 0 aliphatic carbocycles. The predicted molar refractivity (Wildman–Crippen MR) is 173 cm³/mol. The molecule has 0 heteroatoms. The Hall–Kier alpha value is -5.20. The summed E-state index contributed by atoms with van der Waals surface area (Å²) < 4.78 is 72.3. The first kappa shape index (κ1) is 16.0. The number of fused-ring (bicyclic) bond motifs is 5. The number of benzene rings is 8. The third-order valence-corrected chi connectivity index (χ3v) is 7.67. The van der Waals surface area contributed by atoms with E-state index in [1.54, 1.807) is 0 Å². The normalized spacial score (nSPS) is 14.3. The molecule has 0 amide bonds. The Kier molecular flexibility index (Phi) is 3.70. The summed E-state index contributed by atoms with van der Waals surface area (Å²) in [4.78, 5) is 0. The molecule has 8 aromatic carbocycles. The Bertz CT molecular complexity index is 2560. The smallest absolute Gasteiger partial charge is 0.0622 e. The van der Waals surface area contributed by atoms with Gasteiger partial charge < -0.3 is 0 Å². The van der Waals surface area contributed by atoms with Crippen LogP contribution in [0.3, 0.4) is 0 Å². The SMILES string of the molecule is [2H]c1c([2H])c([2H])c2c(-c3cc4ccccc4c4ccccc34)c3c([2H])c([2H])c([2H])c([2H])c3c(-c3cccc(-c4ccccc4)c3)c2c1[2H]. The minimum atomic E-state index is -0.414. The van der Waals surface area contributed by atoms with Crippen molar-refractivity contribution in [2.24, 2.45) is 0 Å². The van der Waals surface area contributed by atoms with Crippen molar-refractivity contribution in [1.82, 2.24) is 0 Å². The van der Waals surface area contributed by atoms with Gasteiger partial charge in [0.2, 0.25) is 0 Å². The van der Waals surface area contributed by atoms with Gasteiger partial charge in [0.15, 0.2) is 0 Å². The van der Waals surface area contributed by atoms with E-state index in [9.17, 15) is 5.48 Å². The molecule has 0 N–H and O–H groups in total. The second kappa shape index (κ2) is 9.22. The van der Waals surface area contributed by atoms with E-state index >= 15 is 0 Å². The molecule has 0 spiro atoms. The van der Waals surface area contributed by atoms with Crippen LogP contribution in [0.15, 0.2) is 158 Å². The number of hydrogen-bond donors (Lipinski definition) is 0. The van der Waals surface area contributed by atoms with Crippen molar-refractivity contribution in [2.75, 3.05) is 0 Å². The molecule has 0 aliphatic rings. The Morgan fingerprint density at radius 2 is 0.875 bits per heavy atom. The van der Waals surface area contributed by atoms with Crippen molar-refractivity contribution in [3.05, 3.63) is 158 Å². The van der Waals surface area contributed by atoms with Gasteiger partial charge in [-0.15, -0.1) is 0 Å². The van der Waals surface area contributed by atoms with Gasteiger partial charge in [-0.05, 0) is 88.6 Å². The van der Waals surface area contributed by atoms with E-state index in [0.29, 0.717) is 22.3 Å². The lowest BCUT2D eigenvalue weighted by Gasteiger charge is -2.20. The fourth-order valence-electron chi connectivity index (χ4n) is 5.93. The van der Waals surface area contributed by atoms with Crippen LogP contribution in [-0.2, 0) is 0 Å². The van der Waals surface area contributed by atoms with Crippen LogP contribution >= 0.6 is 0 Å². The first-order valence-electron chi connectivity index (χ1n) is 17.2. The summed E-state index contributed by atoms with van der Waals surface area (Å²) >= 11 is 0. The zero-order chi connectivity index (χ0) is 33.4. The number of hydrogen-bond acceptors (Lipinski definition) is 0. The summed E-state index contributed by atoms with van der Waals surface area (Å²) in [6, 6.07) is 32.2. The van der Waals surface area contributed by atoms with Gasteiger partial charge >= 0.3 is 0 Å². The van der Waals surface area contributed by atoms with Gasteiger partial charge in [-0.1, -0.05) is 145 Å². The lowest BCUT2D eigenvalue weighted by Crippen LogP contribution is -1.92. The summed E-state index contributed by atoms with van der Waals surface area (Å²) in [5.41, 5.74) is 3.70. The molecule has 0 heterocycles. The highest BCUT2D eigenvalue weighted by molar-refractivity contribution is 6.25. The molecule has 8 rings (SSSR count). The second-order valence-corrected chi connectivity index (χ2v) is 9.89. The lowest BCUT2D eigenvalue weighted by molar-refractivity contribution is 1.61. The first-order chi connectivity index (χ1) is 23.2. The van der Waals surface area contributed by atoms with E-state index in [4.69, 9.17) is 5.48 Å². The average molecular weight is 515 g/mol. The molecule has 0 unspecified atom stereocenters. The van der Waals surface area contributed by atoms with Gasteiger partial charge in [-0.2, -0.15) is 0 Å². The predicted octanol–water partition coefficient (Wildman–Crippen LogP) is 11.3. The molecule has 0 aromatic heterocycles. The lowest BCUT2D eigenvalue weighted by atomic mass is 9.83. The van der Waals surface area contributed by atoms with Crippen LogP contribution < -0.4 is 0 Å². The van der Waals surface area contributed by atoms with Gasteiger partial charge in [0.25, 0.3) is 0 Å². The van der Waals surface area contributed by atoms with E-state index in [-0.39, 0.29) is 45.7 Å². The molecule has 0 nitrogen and oxygen atoms in total. The van der Waals surface area contributed by atoms with Crippen LogP contribution in [-0.4, -0.2) is 0 Å². The standard InChI is InChI=1S/C40H26/c1-2-13-27(14-3-1)28-16-12-17-30(25-28)39-34-21-8-10-23-36(34)40(37-24-11-9-22-35(37)39)38-26-29-15-4-5-18-31(29)32-19-6-7-20-33(32)38/h1-26H/i8D,9D,10D,11D,21D,22D,23D,24D. The van der Waals surface area contributed by atoms with Gasteiger partial charge in [0.1, 0.15) is 0 Å². The highest BCUT2D eigenvalue weighted by Crippen LogP contribution is 2.46. The highest BCUT2D eigenvalue weighted by atomic mass is 14.2. The van der Waals surface area contributed by atoms with E-state index in [0.717, 1.165) is 32.7 Å². The molecule has 0 aliphatic heterocycles. The average Bonchev–Trinajstić information content (AvgIpc) is 3.13. The van der Waals surface area contributed by atoms with Crippen LogP contribution in [0.2, 0.25) is 0 Å². The fourth-order valence-corrected chi connectivity index (χ4v) is 5.93. The maximum Gasteiger partial charge on any atom is 0.0629 e. The maximum atomic E-state index is 9.34. The summed E-state index contributed by atoms with van der Waals surface area (Å²) in [5, 5.41) is 4.45. The minimum absolute atomic E-state index is 0.205. The summed E-state index contributed by atoms with van der Waals surface area (Å²) in [6.07, 6.45) is 0. The molecule has 0 saturated carbocycles. The van der Waals surface area contributed by atoms with Crippen LogP contribution in [0.5, 0.6) is 0 Å². The van der Waals surface area contributed by atoms with E-state index in [1.165, 1.54) is 0 Å². The van der Waals surface area contributed by atoms with E-state index in [1.807, 2.05) is 109 Å². The second-order valence-electron chi connectivity index (χ2n) is 9.89. The Labute approximate surface area is 245 Å². The Balaban J connectivity index is 1.68. The Morgan fingerprint density at radius 3 is 1.57 bits per heavy atom. The quantitative estimate of drug-likeness (QED) is 0.162. The molecule has 8 aromatic rings. The van der Waals surface area contributed by atoms with Gasteiger partial charge in [0.05, 0.1) is 11.0 Å². The molecular weight excluding hydrogens is 480 g/mol. The van der Waals surface area contributed by atoms with Crippen molar-refractivity contribution in [1.29, 1.82) is 0 Å². The molecule has 0 radical (unpaired) electrons. The van der Waals surface area contributed by atoms with Crippen LogP contribution in [0, 0.1) is 0 Å². The molecule has 186 valence electrons. The fraction of sp³-hybridized carbons (Fsp3) is 0. The zero-order valence-electron chi connectivity index (χ0n) is 29.4. The van der Waals surface area contributed by atoms with E-state index in [2.05, 4.69) is 0 Å². The van der Waals surface area contributed by atoms with Gasteiger partial charge in [0, 0.05) is 0 Å². The van der Waals surface area contributed by atoms with Crippen LogP contribution in [0.25, 0.3) is 76.5 Å². The molecule has 40 heavy (non-hydrogen) atoms. The van der Waals surface area contributed by atoms with Gasteiger partial charge in [-0.3, -0.25) is 0 Å². The molecule has 0 fully saturated rings. The van der Waals surface area contributed by atoms with Gasteiger partial charge in [-0.25, -0.2) is 0 Å². The molecule has 0 atom stereocenters. The largest absolute Gasteiger partial charge is 0.0629 e.